The van der Waals surface area contributed by atoms with E-state index in [2.05, 4.69) is 26.0 Å². The number of aliphatic hydroxyl groups is 3. The Hall–Kier alpha value is -5.63. The van der Waals surface area contributed by atoms with Gasteiger partial charge in [-0.25, -0.2) is 0 Å². The van der Waals surface area contributed by atoms with Crippen LogP contribution in [0, 0.1) is 5.92 Å². The molecular weight excluding hydrogens is 878 g/mol. The number of ether oxygens (including phenoxy) is 6. The highest BCUT2D eigenvalue weighted by Gasteiger charge is 2.50. The molecule has 2 aliphatic heterocycles. The van der Waals surface area contributed by atoms with Gasteiger partial charge in [-0.1, -0.05) is 44.7 Å². The van der Waals surface area contributed by atoms with Crippen molar-refractivity contribution in [3.8, 4) is 0 Å². The highest BCUT2D eigenvalue weighted by Crippen LogP contribution is 2.25. The van der Waals surface area contributed by atoms with Crippen LogP contribution in [0.4, 0.5) is 0 Å². The van der Waals surface area contributed by atoms with Crippen molar-refractivity contribution in [1.29, 1.82) is 0 Å². The van der Waals surface area contributed by atoms with Crippen LogP contribution < -0.4 is 27.0 Å². The zero-order valence-corrected chi connectivity index (χ0v) is 37.9. The number of rotatable bonds is 17. The Morgan fingerprint density at radius 1 is 0.773 bits per heavy atom. The van der Waals surface area contributed by atoms with Crippen LogP contribution >= 0.6 is 0 Å². The van der Waals surface area contributed by atoms with E-state index in [4.69, 9.17) is 34.5 Å². The molecule has 2 fully saturated rings. The molecule has 0 aromatic heterocycles. The monoisotopic (exact) mass is 947 g/mol. The quantitative estimate of drug-likeness (QED) is 0.0479. The number of esters is 3. The van der Waals surface area contributed by atoms with Gasteiger partial charge in [0.15, 0.2) is 18.4 Å². The van der Waals surface area contributed by atoms with E-state index in [-0.39, 0.29) is 38.7 Å². The summed E-state index contributed by atoms with van der Waals surface area (Å²) in [6.45, 7) is 10.8. The Bertz CT molecular complexity index is 1690. The van der Waals surface area contributed by atoms with Crippen LogP contribution in [0.5, 0.6) is 0 Å². The summed E-state index contributed by atoms with van der Waals surface area (Å²) in [5.74, 6) is -4.70. The zero-order chi connectivity index (χ0) is 50.0. The SMILES string of the molecule is C.CC(=O)NC1C(N)OC(COC(C)=O)C(OC(C)=O)C1OC(C)=O.CC(=O)NC1C(NC(=O)C[C@H](C)C(C)=O)OC(CO)C(O)C1O.CNC(C)CC(=O)O.O=COCc1ccccc1. The molecule has 0 radical (unpaired) electrons. The number of carboxylic acid groups (broad SMARTS) is 1. The molecule has 1 aromatic carbocycles. The third-order valence-electron chi connectivity index (χ3n) is 9.07. The molecule has 66 heavy (non-hydrogen) atoms. The Morgan fingerprint density at radius 2 is 1.32 bits per heavy atom. The lowest BCUT2D eigenvalue weighted by Crippen LogP contribution is -2.68. The molecule has 0 spiro atoms. The van der Waals surface area contributed by atoms with Crippen LogP contribution in [-0.4, -0.2) is 162 Å². The van der Waals surface area contributed by atoms with Gasteiger partial charge in [0.25, 0.3) is 6.47 Å². The van der Waals surface area contributed by atoms with Crippen LogP contribution in [-0.2, 0) is 78.2 Å². The molecule has 24 heteroatoms. The largest absolute Gasteiger partial charge is 0.481 e. The fraction of sp³-hybridized carbons (Fsp3) is 0.643. The van der Waals surface area contributed by atoms with Crippen molar-refractivity contribution in [1.82, 2.24) is 21.3 Å². The number of hydrogen-bond acceptors (Lipinski definition) is 20. The molecule has 3 rings (SSSR count). The summed E-state index contributed by atoms with van der Waals surface area (Å²) >= 11 is 0. The van der Waals surface area contributed by atoms with Gasteiger partial charge in [0.1, 0.15) is 61.7 Å². The molecule has 0 saturated carbocycles. The Labute approximate surface area is 383 Å². The Morgan fingerprint density at radius 3 is 1.76 bits per heavy atom. The van der Waals surface area contributed by atoms with Gasteiger partial charge in [-0.05, 0) is 26.5 Å². The van der Waals surface area contributed by atoms with E-state index >= 15 is 0 Å². The number of aliphatic carboxylic acids is 1. The van der Waals surface area contributed by atoms with Gasteiger partial charge in [0, 0.05) is 53.0 Å². The lowest BCUT2D eigenvalue weighted by Gasteiger charge is -2.44. The van der Waals surface area contributed by atoms with E-state index in [0.29, 0.717) is 13.1 Å². The predicted octanol–water partition coefficient (Wildman–Crippen LogP) is -1.67. The van der Waals surface area contributed by atoms with Gasteiger partial charge in [0.05, 0.1) is 13.0 Å². The second-order valence-electron chi connectivity index (χ2n) is 14.8. The van der Waals surface area contributed by atoms with Gasteiger partial charge in [-0.15, -0.1) is 0 Å². The van der Waals surface area contributed by atoms with Gasteiger partial charge in [-0.3, -0.25) is 43.2 Å². The van der Waals surface area contributed by atoms with E-state index in [1.165, 1.54) is 27.7 Å². The van der Waals surface area contributed by atoms with Crippen LogP contribution in [0.3, 0.4) is 0 Å². The molecule has 3 amide bonds. The summed E-state index contributed by atoms with van der Waals surface area (Å²) in [6, 6.07) is 7.60. The molecular formula is C42H69N5O19. The first-order valence-electron chi connectivity index (χ1n) is 20.2. The normalized spacial score (nSPS) is 24.7. The summed E-state index contributed by atoms with van der Waals surface area (Å²) in [5, 5.41) is 47.5. The number of ketones is 1. The maximum atomic E-state index is 12.0. The molecule has 2 heterocycles. The number of aliphatic hydroxyl groups excluding tert-OH is 3. The van der Waals surface area contributed by atoms with Gasteiger partial charge in [-0.2, -0.15) is 0 Å². The second-order valence-corrected chi connectivity index (χ2v) is 14.8. The number of benzene rings is 1. The van der Waals surface area contributed by atoms with Gasteiger partial charge in [0.2, 0.25) is 17.7 Å². The number of carbonyl (C=O) groups excluding carboxylic acids is 8. The number of hydrogen-bond donors (Lipinski definition) is 9. The summed E-state index contributed by atoms with van der Waals surface area (Å²) in [7, 11) is 1.74. The van der Waals surface area contributed by atoms with E-state index in [1.54, 1.807) is 14.0 Å². The highest BCUT2D eigenvalue weighted by atomic mass is 16.6. The predicted molar refractivity (Wildman–Crippen MR) is 231 cm³/mol. The van der Waals surface area contributed by atoms with E-state index in [1.807, 2.05) is 37.3 Å². The lowest BCUT2D eigenvalue weighted by molar-refractivity contribution is -0.222. The van der Waals surface area contributed by atoms with E-state index in [0.717, 1.165) is 19.4 Å². The highest BCUT2D eigenvalue weighted by molar-refractivity contribution is 5.85. The zero-order valence-electron chi connectivity index (χ0n) is 37.9. The summed E-state index contributed by atoms with van der Waals surface area (Å²) in [4.78, 5) is 99.3. The molecule has 2 aliphatic rings. The lowest BCUT2D eigenvalue weighted by atomic mass is 9.95. The van der Waals surface area contributed by atoms with Crippen LogP contribution in [0.25, 0.3) is 0 Å². The van der Waals surface area contributed by atoms with Crippen molar-refractivity contribution in [2.45, 2.75) is 149 Å². The minimum Gasteiger partial charge on any atom is -0.481 e. The topological polar surface area (TPSA) is 364 Å². The number of carbonyl (C=O) groups is 9. The summed E-state index contributed by atoms with van der Waals surface area (Å²) in [6.07, 6.45) is -9.20. The first kappa shape index (κ1) is 62.5. The molecule has 1 aromatic rings. The Balaban J connectivity index is 0. The number of carboxylic acids is 1. The van der Waals surface area contributed by atoms with E-state index < -0.39 is 115 Å². The molecule has 0 bridgehead atoms. The molecule has 0 aliphatic carbocycles. The number of nitrogens with one attached hydrogen (secondary N) is 4. The first-order chi connectivity index (χ1) is 30.4. The smallest absolute Gasteiger partial charge is 0.304 e. The fourth-order valence-corrected chi connectivity index (χ4v) is 5.71. The van der Waals surface area contributed by atoms with Crippen LogP contribution in [0.15, 0.2) is 30.3 Å². The van der Waals surface area contributed by atoms with Crippen molar-refractivity contribution in [2.24, 2.45) is 11.7 Å². The van der Waals surface area contributed by atoms with Crippen molar-refractivity contribution in [3.63, 3.8) is 0 Å². The van der Waals surface area contributed by atoms with Crippen molar-refractivity contribution >= 4 is 53.9 Å². The standard InChI is InChI=1S/C14H22N2O8.C14H24N2O7.C8H8O2.C5H11NO2.CH4/c1-6(17)16-11-13(23-9(4)20)12(22-8(3)19)10(24-14(11)15)5-21-7(2)18;1-6(7(2)18)4-10(20)16-14-11(15-8(3)19)13(22)12(21)9(5-17)23-14;9-7-10-6-8-4-2-1-3-5-8;1-4(6-2)3-5(7)8;/h10-14H,5,15H2,1-4H3,(H,16,17);6,9,11-14,17,21-22H,4-5H2,1-3H3,(H,15,19)(H,16,20);1-5,7H,6H2;4,6H,3H2,1-2H3,(H,7,8);1H4/t;6-,9?,11?,12?,13?,14?;;;/m.0.../s1. The maximum Gasteiger partial charge on any atom is 0.304 e. The molecule has 2 saturated heterocycles. The van der Waals surface area contributed by atoms with Crippen molar-refractivity contribution in [3.05, 3.63) is 35.9 Å². The van der Waals surface area contributed by atoms with Crippen LogP contribution in [0.2, 0.25) is 0 Å². The number of Topliss-reactive ketones (excluding diaryl/α,β-unsaturated/α-hetero) is 1. The third-order valence-corrected chi connectivity index (χ3v) is 9.07. The average molecular weight is 948 g/mol. The van der Waals surface area contributed by atoms with Crippen molar-refractivity contribution < 1.29 is 92.0 Å². The van der Waals surface area contributed by atoms with Crippen molar-refractivity contribution in [2.75, 3.05) is 20.3 Å². The fourth-order valence-electron chi connectivity index (χ4n) is 5.71. The first-order valence-corrected chi connectivity index (χ1v) is 20.2. The molecule has 24 nitrogen and oxygen atoms in total. The maximum absolute atomic E-state index is 12.0. The molecule has 12 atom stereocenters. The van der Waals surface area contributed by atoms with Gasteiger partial charge < -0.3 is 75.8 Å². The summed E-state index contributed by atoms with van der Waals surface area (Å²) < 4.78 is 30.6. The minimum atomic E-state index is -1.43. The molecule has 10 N–H and O–H groups in total. The van der Waals surface area contributed by atoms with Crippen LogP contribution in [0.1, 0.15) is 81.2 Å². The average Bonchev–Trinajstić information content (AvgIpc) is 3.21. The molecule has 376 valence electrons. The Kier molecular flexibility index (Phi) is 31.2. The second kappa shape index (κ2) is 32.9. The molecule has 11 unspecified atom stereocenters. The van der Waals surface area contributed by atoms with E-state index in [9.17, 15) is 58.5 Å². The third kappa shape index (κ3) is 25.2. The minimum absolute atomic E-state index is 0. The van der Waals surface area contributed by atoms with Gasteiger partial charge >= 0.3 is 23.9 Å². The number of amides is 3. The number of nitrogens with two attached hydrogens (primary N) is 1. The summed E-state index contributed by atoms with van der Waals surface area (Å²) in [5.41, 5.74) is 6.88.